The Morgan fingerprint density at radius 3 is 2.67 bits per heavy atom. The van der Waals surface area contributed by atoms with E-state index >= 15 is 0 Å². The zero-order chi connectivity index (χ0) is 15.6. The zero-order valence-corrected chi connectivity index (χ0v) is 12.3. The Bertz CT molecular complexity index is 559. The van der Waals surface area contributed by atoms with E-state index in [1.54, 1.807) is 23.1 Å². The molecule has 1 fully saturated rings. The van der Waals surface area contributed by atoms with Crippen molar-refractivity contribution in [2.45, 2.75) is 25.8 Å². The molecule has 0 spiro atoms. The number of anilines is 1. The van der Waals surface area contributed by atoms with Gasteiger partial charge < -0.3 is 21.1 Å². The van der Waals surface area contributed by atoms with Crippen molar-refractivity contribution < 1.29 is 14.3 Å². The van der Waals surface area contributed by atoms with Crippen LogP contribution in [-0.4, -0.2) is 36.4 Å². The minimum absolute atomic E-state index is 0.0651. The van der Waals surface area contributed by atoms with Gasteiger partial charge in [-0.05, 0) is 31.9 Å². The molecule has 4 N–H and O–H groups in total. The molecule has 0 saturated carbocycles. The molecule has 6 heteroatoms. The summed E-state index contributed by atoms with van der Waals surface area (Å²) in [5.41, 5.74) is 12.1. The molecular formula is C15H21N3O3. The van der Waals surface area contributed by atoms with Crippen molar-refractivity contribution in [3.63, 3.8) is 0 Å². The molecule has 0 radical (unpaired) electrons. The lowest BCUT2D eigenvalue weighted by molar-refractivity contribution is -0.123. The van der Waals surface area contributed by atoms with Crippen molar-refractivity contribution in [2.75, 3.05) is 19.4 Å². The Morgan fingerprint density at radius 2 is 2.05 bits per heavy atom. The molecular weight excluding hydrogens is 270 g/mol. The predicted octanol–water partition coefficient (Wildman–Crippen LogP) is 1.00. The molecule has 2 atom stereocenters. The minimum atomic E-state index is -0.357. The average Bonchev–Trinajstić information content (AvgIpc) is 2.46. The van der Waals surface area contributed by atoms with E-state index in [-0.39, 0.29) is 23.8 Å². The fraction of sp³-hybridized carbons (Fsp3) is 0.467. The van der Waals surface area contributed by atoms with Crippen LogP contribution in [0.25, 0.3) is 0 Å². The Labute approximate surface area is 124 Å². The van der Waals surface area contributed by atoms with Gasteiger partial charge in [-0.15, -0.1) is 0 Å². The number of amides is 2. The molecule has 1 saturated heterocycles. The van der Waals surface area contributed by atoms with Crippen molar-refractivity contribution in [1.82, 2.24) is 4.90 Å². The molecule has 1 heterocycles. The van der Waals surface area contributed by atoms with Gasteiger partial charge in [0.1, 0.15) is 5.75 Å². The van der Waals surface area contributed by atoms with E-state index in [2.05, 4.69) is 0 Å². The van der Waals surface area contributed by atoms with Crippen LogP contribution in [0.4, 0.5) is 5.69 Å². The number of primary amides is 1. The number of nitrogens with zero attached hydrogens (tertiary/aromatic N) is 1. The molecule has 1 aromatic rings. The van der Waals surface area contributed by atoms with Crippen molar-refractivity contribution in [3.8, 4) is 5.75 Å². The van der Waals surface area contributed by atoms with Gasteiger partial charge in [0.05, 0.1) is 18.6 Å². The Balaban J connectivity index is 2.27. The summed E-state index contributed by atoms with van der Waals surface area (Å²) in [7, 11) is 1.50. The van der Waals surface area contributed by atoms with Crippen molar-refractivity contribution in [1.29, 1.82) is 0 Å². The van der Waals surface area contributed by atoms with Gasteiger partial charge >= 0.3 is 0 Å². The molecule has 2 rings (SSSR count). The van der Waals surface area contributed by atoms with Gasteiger partial charge in [0.15, 0.2) is 0 Å². The van der Waals surface area contributed by atoms with Crippen LogP contribution in [0.1, 0.15) is 30.1 Å². The van der Waals surface area contributed by atoms with Crippen LogP contribution < -0.4 is 16.2 Å². The van der Waals surface area contributed by atoms with Gasteiger partial charge in [-0.2, -0.15) is 0 Å². The summed E-state index contributed by atoms with van der Waals surface area (Å²) >= 11 is 0. The number of rotatable bonds is 3. The molecule has 1 aliphatic heterocycles. The van der Waals surface area contributed by atoms with Gasteiger partial charge in [-0.3, -0.25) is 9.59 Å². The summed E-state index contributed by atoms with van der Waals surface area (Å²) in [5, 5.41) is 0. The lowest BCUT2D eigenvalue weighted by atomic mass is 9.92. The summed E-state index contributed by atoms with van der Waals surface area (Å²) < 4.78 is 5.23. The molecule has 21 heavy (non-hydrogen) atoms. The second kappa shape index (κ2) is 6.03. The van der Waals surface area contributed by atoms with E-state index < -0.39 is 0 Å². The molecule has 6 nitrogen and oxygen atoms in total. The first kappa shape index (κ1) is 15.2. The summed E-state index contributed by atoms with van der Waals surface area (Å²) in [6, 6.07) is 5.00. The number of benzene rings is 1. The van der Waals surface area contributed by atoms with Crippen LogP contribution in [0.15, 0.2) is 18.2 Å². The Morgan fingerprint density at radius 1 is 1.33 bits per heavy atom. The van der Waals surface area contributed by atoms with Crippen molar-refractivity contribution in [3.05, 3.63) is 23.8 Å². The van der Waals surface area contributed by atoms with Crippen LogP contribution in [0.2, 0.25) is 0 Å². The molecule has 0 aliphatic carbocycles. The number of hydrogen-bond donors (Lipinski definition) is 2. The number of nitrogen functional groups attached to an aromatic ring is 1. The molecule has 0 bridgehead atoms. The van der Waals surface area contributed by atoms with Crippen LogP contribution in [0.5, 0.6) is 5.75 Å². The van der Waals surface area contributed by atoms with Crippen LogP contribution in [-0.2, 0) is 4.79 Å². The first-order valence-electron chi connectivity index (χ1n) is 6.97. The second-order valence-electron chi connectivity index (χ2n) is 5.44. The Hall–Kier alpha value is -2.24. The highest BCUT2D eigenvalue weighted by molar-refractivity contribution is 5.98. The second-order valence-corrected chi connectivity index (χ2v) is 5.44. The van der Waals surface area contributed by atoms with E-state index in [1.165, 1.54) is 7.11 Å². The molecule has 114 valence electrons. The maximum atomic E-state index is 12.7. The summed E-state index contributed by atoms with van der Waals surface area (Å²) in [5.74, 6) is -0.368. The van der Waals surface area contributed by atoms with Crippen molar-refractivity contribution in [2.24, 2.45) is 11.7 Å². The maximum Gasteiger partial charge on any atom is 0.257 e. The molecule has 1 aliphatic rings. The molecule has 0 aromatic heterocycles. The Kier molecular flexibility index (Phi) is 4.35. The smallest absolute Gasteiger partial charge is 0.257 e. The first-order chi connectivity index (χ1) is 9.93. The quantitative estimate of drug-likeness (QED) is 0.812. The standard InChI is InChI=1S/C15H21N3O3/c1-9-3-4-10(14(17)19)8-18(9)15(20)12-6-5-11(16)7-13(12)21-2/h5-7,9-10H,3-4,8,16H2,1-2H3,(H2,17,19). The SMILES string of the molecule is COc1cc(N)ccc1C(=O)N1CC(C(N)=O)CCC1C. The highest BCUT2D eigenvalue weighted by Crippen LogP contribution is 2.28. The zero-order valence-electron chi connectivity index (χ0n) is 12.3. The number of nitrogens with two attached hydrogens (primary N) is 2. The third-order valence-corrected chi connectivity index (χ3v) is 4.00. The van der Waals surface area contributed by atoms with E-state index in [9.17, 15) is 9.59 Å². The first-order valence-corrected chi connectivity index (χ1v) is 6.97. The highest BCUT2D eigenvalue weighted by atomic mass is 16.5. The van der Waals surface area contributed by atoms with Crippen LogP contribution in [0.3, 0.4) is 0 Å². The monoisotopic (exact) mass is 291 g/mol. The topological polar surface area (TPSA) is 98.7 Å². The van der Waals surface area contributed by atoms with E-state index in [4.69, 9.17) is 16.2 Å². The summed E-state index contributed by atoms with van der Waals surface area (Å²) in [6.07, 6.45) is 1.48. The third-order valence-electron chi connectivity index (χ3n) is 4.00. The van der Waals surface area contributed by atoms with E-state index in [0.717, 1.165) is 12.8 Å². The maximum absolute atomic E-state index is 12.7. The van der Waals surface area contributed by atoms with Crippen LogP contribution in [0, 0.1) is 5.92 Å². The van der Waals surface area contributed by atoms with Crippen molar-refractivity contribution >= 4 is 17.5 Å². The number of carbonyl (C=O) groups excluding carboxylic acids is 2. The van der Waals surface area contributed by atoms with Gasteiger partial charge in [0.2, 0.25) is 5.91 Å². The van der Waals surface area contributed by atoms with Gasteiger partial charge in [-0.25, -0.2) is 0 Å². The average molecular weight is 291 g/mol. The number of methoxy groups -OCH3 is 1. The normalized spacial score (nSPS) is 21.9. The molecule has 1 aromatic carbocycles. The number of carbonyl (C=O) groups is 2. The van der Waals surface area contributed by atoms with E-state index in [0.29, 0.717) is 23.5 Å². The molecule has 2 amide bonds. The van der Waals surface area contributed by atoms with Gasteiger partial charge in [0, 0.05) is 24.3 Å². The number of piperidine rings is 1. The molecule has 2 unspecified atom stereocenters. The summed E-state index contributed by atoms with van der Waals surface area (Å²) in [6.45, 7) is 2.32. The minimum Gasteiger partial charge on any atom is -0.496 e. The predicted molar refractivity (Wildman–Crippen MR) is 79.8 cm³/mol. The third kappa shape index (κ3) is 3.09. The lowest BCUT2D eigenvalue weighted by Gasteiger charge is -2.37. The van der Waals surface area contributed by atoms with Crippen LogP contribution >= 0.6 is 0 Å². The highest BCUT2D eigenvalue weighted by Gasteiger charge is 2.33. The number of hydrogen-bond acceptors (Lipinski definition) is 4. The lowest BCUT2D eigenvalue weighted by Crippen LogP contribution is -2.48. The fourth-order valence-corrected chi connectivity index (χ4v) is 2.66. The number of ether oxygens (including phenoxy) is 1. The summed E-state index contributed by atoms with van der Waals surface area (Å²) in [4.78, 5) is 25.8. The van der Waals surface area contributed by atoms with E-state index in [1.807, 2.05) is 6.92 Å². The fourth-order valence-electron chi connectivity index (χ4n) is 2.66. The number of likely N-dealkylation sites (tertiary alicyclic amines) is 1. The largest absolute Gasteiger partial charge is 0.496 e. The van der Waals surface area contributed by atoms with Gasteiger partial charge in [0.25, 0.3) is 5.91 Å². The van der Waals surface area contributed by atoms with Gasteiger partial charge in [-0.1, -0.05) is 0 Å².